The standard InChI is InChI=1S/C12H18IN3/c1-12(2)5-3-4-10(6-12)16-11-14-7-9(13)8-15-11/h7-8,10H,3-6H2,1-2H3,(H,14,15,16). The zero-order valence-corrected chi connectivity index (χ0v) is 12.0. The van der Waals surface area contributed by atoms with E-state index < -0.39 is 0 Å². The summed E-state index contributed by atoms with van der Waals surface area (Å²) in [6, 6.07) is 0.531. The van der Waals surface area contributed by atoms with Gasteiger partial charge in [0, 0.05) is 22.0 Å². The van der Waals surface area contributed by atoms with Crippen molar-refractivity contribution in [3.8, 4) is 0 Å². The number of aromatic nitrogens is 2. The molecule has 0 saturated heterocycles. The Bertz CT molecular complexity index is 348. The predicted molar refractivity (Wildman–Crippen MR) is 74.4 cm³/mol. The van der Waals surface area contributed by atoms with Gasteiger partial charge in [0.05, 0.1) is 0 Å². The molecule has 2 rings (SSSR count). The Hall–Kier alpha value is -0.390. The van der Waals surface area contributed by atoms with Crippen molar-refractivity contribution in [2.45, 2.75) is 45.6 Å². The summed E-state index contributed by atoms with van der Waals surface area (Å²) in [5.41, 5.74) is 0.457. The van der Waals surface area contributed by atoms with Crippen LogP contribution in [0, 0.1) is 8.99 Å². The highest BCUT2D eigenvalue weighted by molar-refractivity contribution is 14.1. The second-order valence-corrected chi connectivity index (χ2v) is 6.57. The number of rotatable bonds is 2. The van der Waals surface area contributed by atoms with Crippen LogP contribution >= 0.6 is 22.6 Å². The molecule has 1 aliphatic carbocycles. The molecule has 1 atom stereocenters. The van der Waals surface area contributed by atoms with Gasteiger partial charge in [0.2, 0.25) is 5.95 Å². The van der Waals surface area contributed by atoms with Gasteiger partial charge in [-0.25, -0.2) is 9.97 Å². The van der Waals surface area contributed by atoms with Crippen molar-refractivity contribution in [3.63, 3.8) is 0 Å². The van der Waals surface area contributed by atoms with Gasteiger partial charge in [0.15, 0.2) is 0 Å². The fourth-order valence-corrected chi connectivity index (χ4v) is 2.67. The molecular weight excluding hydrogens is 313 g/mol. The normalized spacial score (nSPS) is 24.1. The van der Waals surface area contributed by atoms with Crippen molar-refractivity contribution in [2.75, 3.05) is 5.32 Å². The van der Waals surface area contributed by atoms with Gasteiger partial charge < -0.3 is 5.32 Å². The van der Waals surface area contributed by atoms with Gasteiger partial charge in [-0.1, -0.05) is 20.3 Å². The highest BCUT2D eigenvalue weighted by Crippen LogP contribution is 2.35. The molecule has 0 aliphatic heterocycles. The topological polar surface area (TPSA) is 37.8 Å². The van der Waals surface area contributed by atoms with Gasteiger partial charge in [0.25, 0.3) is 0 Å². The van der Waals surface area contributed by atoms with E-state index in [1.54, 1.807) is 0 Å². The summed E-state index contributed by atoms with van der Waals surface area (Å²) in [5, 5.41) is 3.44. The first-order valence-corrected chi connectivity index (χ1v) is 6.87. The lowest BCUT2D eigenvalue weighted by molar-refractivity contribution is 0.229. The number of hydrogen-bond acceptors (Lipinski definition) is 3. The average Bonchev–Trinajstić information content (AvgIpc) is 2.20. The van der Waals surface area contributed by atoms with Gasteiger partial charge in [-0.15, -0.1) is 0 Å². The van der Waals surface area contributed by atoms with Gasteiger partial charge in [-0.3, -0.25) is 0 Å². The second-order valence-electron chi connectivity index (χ2n) is 5.33. The SMILES string of the molecule is CC1(C)CCCC(Nc2ncc(I)cn2)C1. The molecule has 0 radical (unpaired) electrons. The molecule has 1 saturated carbocycles. The van der Waals surface area contributed by atoms with Crippen LogP contribution in [0.1, 0.15) is 39.5 Å². The van der Waals surface area contributed by atoms with Gasteiger partial charge in [-0.2, -0.15) is 0 Å². The molecule has 1 aromatic heterocycles. The molecule has 16 heavy (non-hydrogen) atoms. The second kappa shape index (κ2) is 4.85. The maximum atomic E-state index is 4.29. The van der Waals surface area contributed by atoms with E-state index in [4.69, 9.17) is 0 Å². The summed E-state index contributed by atoms with van der Waals surface area (Å²) in [4.78, 5) is 8.58. The number of hydrogen-bond donors (Lipinski definition) is 1. The molecule has 0 aromatic carbocycles. The summed E-state index contributed by atoms with van der Waals surface area (Å²) in [6.07, 6.45) is 8.78. The zero-order valence-electron chi connectivity index (χ0n) is 9.83. The van der Waals surface area contributed by atoms with E-state index in [9.17, 15) is 0 Å². The van der Waals surface area contributed by atoms with E-state index in [0.29, 0.717) is 11.5 Å². The monoisotopic (exact) mass is 331 g/mol. The zero-order chi connectivity index (χ0) is 11.6. The lowest BCUT2D eigenvalue weighted by Gasteiger charge is -2.35. The first-order valence-electron chi connectivity index (χ1n) is 5.79. The smallest absolute Gasteiger partial charge is 0.222 e. The van der Waals surface area contributed by atoms with Crippen molar-refractivity contribution in [2.24, 2.45) is 5.41 Å². The van der Waals surface area contributed by atoms with Gasteiger partial charge in [0.1, 0.15) is 0 Å². The third-order valence-electron chi connectivity index (χ3n) is 3.16. The van der Waals surface area contributed by atoms with E-state index >= 15 is 0 Å². The van der Waals surface area contributed by atoms with Crippen LogP contribution in [-0.4, -0.2) is 16.0 Å². The van der Waals surface area contributed by atoms with Crippen LogP contribution in [0.3, 0.4) is 0 Å². The maximum Gasteiger partial charge on any atom is 0.222 e. The first kappa shape index (κ1) is 12.1. The molecule has 0 spiro atoms. The summed E-state index contributed by atoms with van der Waals surface area (Å²) in [6.45, 7) is 4.69. The Labute approximate surface area is 111 Å². The van der Waals surface area contributed by atoms with Crippen LogP contribution in [0.15, 0.2) is 12.4 Å². The third kappa shape index (κ3) is 3.30. The van der Waals surface area contributed by atoms with Crippen LogP contribution in [0.25, 0.3) is 0 Å². The minimum absolute atomic E-state index is 0.457. The molecule has 88 valence electrons. The van der Waals surface area contributed by atoms with Crippen LogP contribution in [0.5, 0.6) is 0 Å². The Morgan fingerprint density at radius 2 is 2.06 bits per heavy atom. The molecule has 4 heteroatoms. The summed E-state index contributed by atoms with van der Waals surface area (Å²) in [7, 11) is 0. The highest BCUT2D eigenvalue weighted by atomic mass is 127. The highest BCUT2D eigenvalue weighted by Gasteiger charge is 2.28. The Balaban J connectivity index is 1.97. The quantitative estimate of drug-likeness (QED) is 0.844. The van der Waals surface area contributed by atoms with Crippen molar-refractivity contribution in [1.82, 2.24) is 9.97 Å². The summed E-state index contributed by atoms with van der Waals surface area (Å²) >= 11 is 2.22. The maximum absolute atomic E-state index is 4.29. The Kier molecular flexibility index (Phi) is 3.66. The van der Waals surface area contributed by atoms with Crippen molar-refractivity contribution in [1.29, 1.82) is 0 Å². The first-order chi connectivity index (χ1) is 7.55. The molecule has 0 bridgehead atoms. The lowest BCUT2D eigenvalue weighted by atomic mass is 9.75. The molecule has 3 nitrogen and oxygen atoms in total. The van der Waals surface area contributed by atoms with E-state index in [1.807, 2.05) is 12.4 Å². The van der Waals surface area contributed by atoms with E-state index in [2.05, 4.69) is 51.7 Å². The van der Waals surface area contributed by atoms with Gasteiger partial charge >= 0.3 is 0 Å². The molecule has 1 heterocycles. The van der Waals surface area contributed by atoms with Crippen LogP contribution in [0.4, 0.5) is 5.95 Å². The van der Waals surface area contributed by atoms with Gasteiger partial charge in [-0.05, 0) is 47.3 Å². The predicted octanol–water partition coefficient (Wildman–Crippen LogP) is 3.46. The molecular formula is C12H18IN3. The number of nitrogens with zero attached hydrogens (tertiary/aromatic N) is 2. The van der Waals surface area contributed by atoms with Crippen LogP contribution < -0.4 is 5.32 Å². The largest absolute Gasteiger partial charge is 0.351 e. The molecule has 0 amide bonds. The summed E-state index contributed by atoms with van der Waals surface area (Å²) < 4.78 is 1.08. The molecule has 1 aliphatic rings. The van der Waals surface area contributed by atoms with E-state index in [-0.39, 0.29) is 0 Å². The summed E-state index contributed by atoms with van der Waals surface area (Å²) in [5.74, 6) is 0.767. The minimum Gasteiger partial charge on any atom is -0.351 e. The third-order valence-corrected chi connectivity index (χ3v) is 3.72. The lowest BCUT2D eigenvalue weighted by Crippen LogP contribution is -2.32. The van der Waals surface area contributed by atoms with Crippen LogP contribution in [-0.2, 0) is 0 Å². The number of anilines is 1. The van der Waals surface area contributed by atoms with Crippen LogP contribution in [0.2, 0.25) is 0 Å². The fourth-order valence-electron chi connectivity index (χ4n) is 2.39. The Morgan fingerprint density at radius 3 is 2.69 bits per heavy atom. The number of halogens is 1. The Morgan fingerprint density at radius 1 is 1.38 bits per heavy atom. The molecule has 1 N–H and O–H groups in total. The van der Waals surface area contributed by atoms with E-state index in [0.717, 1.165) is 9.52 Å². The number of nitrogens with one attached hydrogen (secondary N) is 1. The van der Waals surface area contributed by atoms with Crippen molar-refractivity contribution < 1.29 is 0 Å². The molecule has 1 fully saturated rings. The molecule has 1 unspecified atom stereocenters. The minimum atomic E-state index is 0.457. The van der Waals surface area contributed by atoms with Crippen molar-refractivity contribution in [3.05, 3.63) is 16.0 Å². The van der Waals surface area contributed by atoms with E-state index in [1.165, 1.54) is 25.7 Å². The fraction of sp³-hybridized carbons (Fsp3) is 0.667. The average molecular weight is 331 g/mol. The van der Waals surface area contributed by atoms with Crippen molar-refractivity contribution >= 4 is 28.5 Å². The molecule has 1 aromatic rings.